The zero-order chi connectivity index (χ0) is 98.6. The van der Waals surface area contributed by atoms with Crippen LogP contribution in [0.25, 0.3) is 215 Å². The van der Waals surface area contributed by atoms with E-state index in [4.69, 9.17) is 19.7 Å². The minimum Gasteiger partial charge on any atom is -0.361 e. The lowest BCUT2D eigenvalue weighted by molar-refractivity contribution is 1.27. The van der Waals surface area contributed by atoms with E-state index in [2.05, 4.69) is 284 Å². The molecule has 18 heteroatoms. The molecule has 0 fully saturated rings. The Morgan fingerprint density at radius 1 is 0.194 bits per heavy atom. The minimum absolute atomic E-state index is 0.369. The van der Waals surface area contributed by atoms with E-state index < -0.39 is 0 Å². The van der Waals surface area contributed by atoms with E-state index in [1.54, 1.807) is 117 Å². The first-order valence-corrected chi connectivity index (χ1v) is 45.4. The Morgan fingerprint density at radius 3 is 0.799 bits per heavy atom. The summed E-state index contributed by atoms with van der Waals surface area (Å²) < 4.78 is 0. The minimum atomic E-state index is 0.369. The summed E-state index contributed by atoms with van der Waals surface area (Å²) in [5.41, 5.74) is 38.6. The largest absolute Gasteiger partial charge is 0.361 e. The average molecular weight is 1840 g/mol. The highest BCUT2D eigenvalue weighted by molar-refractivity contribution is 5.90. The van der Waals surface area contributed by atoms with Gasteiger partial charge in [-0.15, -0.1) is 4.98 Å². The molecule has 0 amide bonds. The summed E-state index contributed by atoms with van der Waals surface area (Å²) in [5.74, 6) is 0.369. The van der Waals surface area contributed by atoms with Gasteiger partial charge in [0.1, 0.15) is 35.7 Å². The van der Waals surface area contributed by atoms with Crippen molar-refractivity contribution in [3.63, 3.8) is 0 Å². The summed E-state index contributed by atoms with van der Waals surface area (Å²) in [7, 11) is 0. The quantitative estimate of drug-likeness (QED) is 0.0722. The van der Waals surface area contributed by atoms with Gasteiger partial charge in [0.05, 0.1) is 64.6 Å². The summed E-state index contributed by atoms with van der Waals surface area (Å²) in [6.07, 6.45) is 18.4. The van der Waals surface area contributed by atoms with Crippen molar-refractivity contribution in [2.75, 3.05) is 0 Å². The highest BCUT2D eigenvalue weighted by Gasteiger charge is 2.19. The van der Waals surface area contributed by atoms with Crippen molar-refractivity contribution in [1.82, 2.24) is 44.9 Å². The molecule has 0 radical (unpaired) electrons. The Bertz CT molecular complexity index is 7670. The normalized spacial score (nSPS) is 10.4. The summed E-state index contributed by atoms with van der Waals surface area (Å²) in [6.45, 7) is 22.2. The molecule has 0 atom stereocenters. The van der Waals surface area contributed by atoms with Crippen LogP contribution < -0.4 is 0 Å². The van der Waals surface area contributed by atoms with Gasteiger partial charge in [0.2, 0.25) is 0 Å². The predicted octanol–water partition coefficient (Wildman–Crippen LogP) is 30.5. The smallest absolute Gasteiger partial charge is 0.270 e. The molecule has 12 aromatic carbocycles. The molecule has 0 saturated heterocycles. The molecule has 0 saturated carbocycles. The van der Waals surface area contributed by atoms with E-state index in [1.807, 2.05) is 133 Å². The number of rotatable bonds is 18. The van der Waals surface area contributed by atoms with Crippen molar-refractivity contribution in [3.8, 4) is 237 Å². The molecule has 9 heterocycles. The van der Waals surface area contributed by atoms with Crippen LogP contribution in [0.15, 0.2) is 438 Å². The fraction of sp³-hybridized carbons (Fsp3) is 0. The Balaban J connectivity index is 0.000000137. The lowest BCUT2D eigenvalue weighted by atomic mass is 9.91. The number of hydrogen-bond acceptors (Lipinski definition) is 15. The fourth-order valence-electron chi connectivity index (χ4n) is 17.0. The topological polar surface area (TPSA) is 272 Å². The molecule has 0 aliphatic heterocycles. The number of benzene rings is 12. The maximum atomic E-state index is 9.59. The van der Waals surface area contributed by atoms with Gasteiger partial charge in [-0.2, -0.15) is 31.6 Å². The first kappa shape index (κ1) is 91.5. The second-order valence-electron chi connectivity index (χ2n) is 33.4. The lowest BCUT2D eigenvalue weighted by Crippen LogP contribution is -1.90. The summed E-state index contributed by atoms with van der Waals surface area (Å²) in [5, 5.41) is 56.4. The van der Waals surface area contributed by atoms with Crippen molar-refractivity contribution in [2.45, 2.75) is 0 Å². The zero-order valence-electron chi connectivity index (χ0n) is 76.6. The second-order valence-corrected chi connectivity index (χ2v) is 33.4. The molecular formula is C126H72N18. The van der Waals surface area contributed by atoms with Crippen LogP contribution in [-0.4, -0.2) is 44.9 Å². The van der Waals surface area contributed by atoms with Gasteiger partial charge in [-0.3, -0.25) is 29.9 Å². The molecule has 0 aliphatic carbocycles. The molecule has 9 aromatic heterocycles. The highest BCUT2D eigenvalue weighted by Crippen LogP contribution is 2.43. The number of pyridine rings is 9. The standard InChI is InChI=1S/3C42H24N6/c1-45-42-16-19-48-27-41(42)33-12-6-30(7-13-33)38-21-36(28-2-8-31(9-3-28)39-25-46-17-14-34(39)23-43)20-37(22-38)29-4-10-32(11-5-29)40-26-47-18-15-35(40)24-44;1-45-41-14-15-48-42(21-41)35-12-10-32(11-13-35)38-19-36(30-2-6-33(7-3-30)39-16-28(22-43)24-46-26-39)18-37(20-38)31-4-8-34(9-5-31)40-17-29(23-44)25-47-27-40;1-45-42-10-4-9-41(48-42)33-21-15-30(16-22-33)36-24-34(28-11-17-31(18-12-28)39-7-2-5-37(26-43)46-39)23-35(25-36)29-13-19-32(20-14-29)40-8-3-6-38(27-44)47-40/h2-22,25-27H;2-21,24-27H;2-25H. The van der Waals surface area contributed by atoms with Crippen LogP contribution >= 0.6 is 0 Å². The van der Waals surface area contributed by atoms with Crippen molar-refractivity contribution >= 4 is 17.2 Å². The molecule has 0 N–H and O–H groups in total. The van der Waals surface area contributed by atoms with E-state index in [-0.39, 0.29) is 0 Å². The van der Waals surface area contributed by atoms with Crippen molar-refractivity contribution < 1.29 is 0 Å². The number of aromatic nitrogens is 9. The molecular weight excluding hydrogens is 1770 g/mol. The Labute approximate surface area is 831 Å². The molecule has 0 spiro atoms. The molecule has 144 heavy (non-hydrogen) atoms. The Hall–Kier alpha value is -21.6. The summed E-state index contributed by atoms with van der Waals surface area (Å²) >= 11 is 0. The van der Waals surface area contributed by atoms with Crippen LogP contribution in [0.1, 0.15) is 33.6 Å². The van der Waals surface area contributed by atoms with Gasteiger partial charge < -0.3 is 4.85 Å². The van der Waals surface area contributed by atoms with Crippen molar-refractivity contribution in [2.24, 2.45) is 0 Å². The number of nitriles is 6. The number of nitrogens with zero attached hydrogens (tertiary/aromatic N) is 18. The lowest BCUT2D eigenvalue weighted by Gasteiger charge is -2.13. The first-order chi connectivity index (χ1) is 70.8. The third-order valence-corrected chi connectivity index (χ3v) is 24.5. The van der Waals surface area contributed by atoms with E-state index in [1.165, 1.54) is 0 Å². The van der Waals surface area contributed by atoms with Gasteiger partial charge in [-0.05, 0) is 267 Å². The second kappa shape index (κ2) is 42.5. The fourth-order valence-corrected chi connectivity index (χ4v) is 17.0. The monoisotopic (exact) mass is 1840 g/mol. The third-order valence-electron chi connectivity index (χ3n) is 24.5. The van der Waals surface area contributed by atoms with E-state index in [0.29, 0.717) is 50.8 Å². The molecule has 21 aromatic rings. The van der Waals surface area contributed by atoms with Crippen LogP contribution in [0.5, 0.6) is 0 Å². The molecule has 0 aliphatic rings. The van der Waals surface area contributed by atoms with Crippen molar-refractivity contribution in [3.05, 3.63) is 506 Å². The number of hydrogen-bond donors (Lipinski definition) is 0. The molecule has 18 nitrogen and oxygen atoms in total. The predicted molar refractivity (Wildman–Crippen MR) is 564 cm³/mol. The SMILES string of the molecule is [C-]#[N+]c1cccc(-c2ccc(-c3cc(-c4ccc(-c5cccc(C#N)n5)cc4)cc(-c4ccc(-c5cccc(C#N)n5)cc4)c3)cc2)n1.[C-]#[N+]c1ccnc(-c2ccc(-c3cc(-c4ccc(-c5cncc(C#N)c5)cc4)cc(-c4ccc(-c5cncc(C#N)c5)cc4)c3)cc2)c1.[C-]#[N+]c1ccncc1-c1ccc(-c2cc(-c3ccc(-c4cnccc4C#N)cc3)cc(-c3ccc(-c4cnccc4C#N)cc3)c2)cc1. The molecule has 0 bridgehead atoms. The van der Waals surface area contributed by atoms with Gasteiger partial charge in [-0.1, -0.05) is 243 Å². The Kier molecular flexibility index (Phi) is 27.0. The van der Waals surface area contributed by atoms with E-state index in [9.17, 15) is 31.6 Å². The van der Waals surface area contributed by atoms with Crippen LogP contribution in [-0.2, 0) is 0 Å². The highest BCUT2D eigenvalue weighted by atomic mass is 14.9. The van der Waals surface area contributed by atoms with Crippen LogP contribution in [0.4, 0.5) is 17.2 Å². The van der Waals surface area contributed by atoms with Crippen LogP contribution in [0.3, 0.4) is 0 Å². The average Bonchev–Trinajstić information content (AvgIpc) is 0.789. The van der Waals surface area contributed by atoms with Crippen LogP contribution in [0, 0.1) is 87.7 Å². The van der Waals surface area contributed by atoms with Crippen LogP contribution in [0.2, 0.25) is 0 Å². The third kappa shape index (κ3) is 20.8. The van der Waals surface area contributed by atoms with Gasteiger partial charge >= 0.3 is 0 Å². The van der Waals surface area contributed by atoms with Gasteiger partial charge in [-0.25, -0.2) is 19.7 Å². The maximum absolute atomic E-state index is 9.59. The molecule has 666 valence electrons. The molecule has 21 rings (SSSR count). The van der Waals surface area contributed by atoms with Gasteiger partial charge in [0.15, 0.2) is 17.1 Å². The Morgan fingerprint density at radius 2 is 0.486 bits per heavy atom. The summed E-state index contributed by atoms with van der Waals surface area (Å²) in [4.78, 5) is 49.6. The van der Waals surface area contributed by atoms with E-state index in [0.717, 1.165) is 201 Å². The van der Waals surface area contributed by atoms with Gasteiger partial charge in [0, 0.05) is 113 Å². The zero-order valence-corrected chi connectivity index (χ0v) is 76.6. The van der Waals surface area contributed by atoms with Gasteiger partial charge in [0.25, 0.3) is 5.82 Å². The summed E-state index contributed by atoms with van der Waals surface area (Å²) in [6, 6.07) is 135. The maximum Gasteiger partial charge on any atom is 0.270 e. The first-order valence-electron chi connectivity index (χ1n) is 45.4. The van der Waals surface area contributed by atoms with E-state index >= 15 is 0 Å². The van der Waals surface area contributed by atoms with Crippen molar-refractivity contribution in [1.29, 1.82) is 31.6 Å². The molecule has 0 unspecified atom stereocenters.